The molecule has 3 nitrogen and oxygen atoms in total. The molecule has 0 spiro atoms. The van der Waals surface area contributed by atoms with Gasteiger partial charge in [-0.25, -0.2) is 0 Å². The lowest BCUT2D eigenvalue weighted by molar-refractivity contribution is 0.590. The van der Waals surface area contributed by atoms with Gasteiger partial charge in [0.25, 0.3) is 0 Å². The Bertz CT molecular complexity index is 4860. The summed E-state index contributed by atoms with van der Waals surface area (Å²) in [5, 5.41) is 5.18. The van der Waals surface area contributed by atoms with Crippen LogP contribution in [0.15, 0.2) is 267 Å². The van der Waals surface area contributed by atoms with Crippen LogP contribution in [0, 0.1) is 0 Å². The van der Waals surface area contributed by atoms with E-state index in [0.29, 0.717) is 0 Å². The minimum atomic E-state index is -0.219. The first-order valence-corrected chi connectivity index (χ1v) is 31.6. The first kappa shape index (κ1) is 52.1. The average Bonchev–Trinajstić information content (AvgIpc) is 1.15. The number of thiophene rings is 2. The normalized spacial score (nSPS) is 12.9. The number of hydrogen-bond acceptors (Lipinski definition) is 5. The summed E-state index contributed by atoms with van der Waals surface area (Å²) < 4.78 is 5.22. The van der Waals surface area contributed by atoms with Gasteiger partial charge in [0.2, 0.25) is 0 Å². The zero-order chi connectivity index (χ0) is 58.0. The van der Waals surface area contributed by atoms with Crippen LogP contribution in [-0.2, 0) is 10.8 Å². The van der Waals surface area contributed by atoms with E-state index < -0.39 is 0 Å². The Balaban J connectivity index is 1.03. The molecular weight excluding hydrogens is 1080 g/mol. The van der Waals surface area contributed by atoms with Gasteiger partial charge >= 0.3 is 6.85 Å². The topological polar surface area (TPSA) is 9.72 Å². The molecule has 6 heteroatoms. The van der Waals surface area contributed by atoms with Gasteiger partial charge in [-0.2, -0.15) is 0 Å². The number of nitrogens with zero attached hydrogens (tertiary/aromatic N) is 3. The summed E-state index contributed by atoms with van der Waals surface area (Å²) >= 11 is 3.85. The highest BCUT2D eigenvalue weighted by atomic mass is 32.1. The Kier molecular flexibility index (Phi) is 12.2. The Morgan fingerprint density at radius 2 is 0.884 bits per heavy atom. The van der Waals surface area contributed by atoms with Gasteiger partial charge in [-0.3, -0.25) is 0 Å². The van der Waals surface area contributed by atoms with Crippen LogP contribution in [0.2, 0.25) is 0 Å². The Labute approximate surface area is 512 Å². The zero-order valence-corrected chi connectivity index (χ0v) is 50.8. The monoisotopic (exact) mass is 1140 g/mol. The van der Waals surface area contributed by atoms with Crippen molar-refractivity contribution in [2.45, 2.75) is 52.4 Å². The molecule has 16 rings (SSSR count). The minimum Gasteiger partial charge on any atom is -0.376 e. The fourth-order valence-corrected chi connectivity index (χ4v) is 16.0. The molecule has 0 saturated carbocycles. The summed E-state index contributed by atoms with van der Waals surface area (Å²) in [5.74, 6) is 0. The third-order valence-corrected chi connectivity index (χ3v) is 20.3. The largest absolute Gasteiger partial charge is 0.376 e. The van der Waals surface area contributed by atoms with E-state index in [1.54, 1.807) is 0 Å². The lowest BCUT2D eigenvalue weighted by Gasteiger charge is -2.46. The predicted octanol–water partition coefficient (Wildman–Crippen LogP) is 22.2. The van der Waals surface area contributed by atoms with Crippen molar-refractivity contribution in [3.63, 3.8) is 0 Å². The van der Waals surface area contributed by atoms with Crippen LogP contribution >= 0.6 is 22.7 Å². The maximum Gasteiger partial charge on any atom is 0.333 e. The van der Waals surface area contributed by atoms with Crippen molar-refractivity contribution in [3.8, 4) is 44.5 Å². The molecule has 0 atom stereocenters. The Morgan fingerprint density at radius 1 is 0.360 bits per heavy atom. The highest BCUT2D eigenvalue weighted by Gasteiger charge is 2.47. The molecule has 0 fully saturated rings. The van der Waals surface area contributed by atoms with Crippen LogP contribution in [0.4, 0.5) is 45.5 Å². The van der Waals surface area contributed by atoms with Crippen LogP contribution in [0.25, 0.3) is 84.9 Å². The Hall–Kier alpha value is -9.46. The van der Waals surface area contributed by atoms with Crippen molar-refractivity contribution in [2.24, 2.45) is 0 Å². The van der Waals surface area contributed by atoms with Gasteiger partial charge in [-0.1, -0.05) is 217 Å². The lowest BCUT2D eigenvalue weighted by Crippen LogP contribution is -2.61. The van der Waals surface area contributed by atoms with Crippen molar-refractivity contribution >= 4 is 126 Å². The predicted molar refractivity (Wildman–Crippen MR) is 374 cm³/mol. The Morgan fingerprint density at radius 3 is 1.50 bits per heavy atom. The molecule has 0 unspecified atom stereocenters. The van der Waals surface area contributed by atoms with E-state index in [-0.39, 0.29) is 17.7 Å². The number of rotatable bonds is 8. The molecule has 0 radical (unpaired) electrons. The fourth-order valence-electron chi connectivity index (χ4n) is 13.6. The summed E-state index contributed by atoms with van der Waals surface area (Å²) in [4.78, 5) is 7.83. The average molecular weight is 1140 g/mol. The van der Waals surface area contributed by atoms with Crippen LogP contribution in [-0.4, -0.2) is 6.85 Å². The fraction of sp³-hybridized carbons (Fsp3) is 0.100. The molecule has 0 amide bonds. The van der Waals surface area contributed by atoms with E-state index in [4.69, 9.17) is 0 Å². The standard InChI is InChI=1S/C80H62BN3S2/c1-79(2,3)56-34-41-60(42-35-56)84-68-46-47-73-74(63-27-17-19-29-72(63)85-73)75(68)76-77-70(50-65-62-26-16-18-28-71(62)86-78(65)76)83(67-45-36-57(80(4,5)6)48-64(67)55-24-14-9-15-25-55)69-49-61(43-44-66(69)81(77)84)82(58-37-30-53(31-38-58)51-20-10-7-11-21-51)59-39-32-54(33-40-59)52-22-12-8-13-23-52/h7-50H,1-6H3. The summed E-state index contributed by atoms with van der Waals surface area (Å²) in [7, 11) is 0. The van der Waals surface area contributed by atoms with Crippen molar-refractivity contribution < 1.29 is 0 Å². The summed E-state index contributed by atoms with van der Waals surface area (Å²) in [6, 6.07) is 100. The molecule has 86 heavy (non-hydrogen) atoms. The van der Waals surface area contributed by atoms with E-state index in [1.807, 2.05) is 22.7 Å². The van der Waals surface area contributed by atoms with Crippen LogP contribution in [0.5, 0.6) is 0 Å². The van der Waals surface area contributed by atoms with E-state index in [1.165, 1.54) is 118 Å². The van der Waals surface area contributed by atoms with E-state index >= 15 is 0 Å². The highest BCUT2D eigenvalue weighted by Crippen LogP contribution is 2.57. The van der Waals surface area contributed by atoms with Gasteiger partial charge in [-0.15, -0.1) is 22.7 Å². The van der Waals surface area contributed by atoms with Crippen molar-refractivity contribution in [1.82, 2.24) is 0 Å². The summed E-state index contributed by atoms with van der Waals surface area (Å²) in [6.07, 6.45) is 0. The molecular formula is C80H62BN3S2. The molecule has 14 aromatic rings. The van der Waals surface area contributed by atoms with Gasteiger partial charge in [0.05, 0.1) is 5.69 Å². The molecule has 4 heterocycles. The first-order chi connectivity index (χ1) is 41.9. The second-order valence-corrected chi connectivity index (χ2v) is 27.4. The molecule has 0 bridgehead atoms. The molecule has 412 valence electrons. The van der Waals surface area contributed by atoms with E-state index in [2.05, 4.69) is 323 Å². The van der Waals surface area contributed by atoms with Crippen LogP contribution < -0.4 is 25.5 Å². The molecule has 2 aromatic heterocycles. The van der Waals surface area contributed by atoms with Crippen molar-refractivity contribution in [3.05, 3.63) is 278 Å². The summed E-state index contributed by atoms with van der Waals surface area (Å²) in [6.45, 7) is 13.7. The molecule has 2 aliphatic heterocycles. The van der Waals surface area contributed by atoms with E-state index in [0.717, 1.165) is 34.1 Å². The maximum absolute atomic E-state index is 2.71. The minimum absolute atomic E-state index is 0.0183. The van der Waals surface area contributed by atoms with Crippen molar-refractivity contribution in [1.29, 1.82) is 0 Å². The number of benzene rings is 12. The van der Waals surface area contributed by atoms with E-state index in [9.17, 15) is 0 Å². The van der Waals surface area contributed by atoms with Gasteiger partial charge in [0.1, 0.15) is 0 Å². The third-order valence-electron chi connectivity index (χ3n) is 18.0. The molecule has 0 N–H and O–H groups in total. The van der Waals surface area contributed by atoms with Gasteiger partial charge in [-0.05, 0) is 152 Å². The van der Waals surface area contributed by atoms with Gasteiger partial charge < -0.3 is 14.6 Å². The number of fused-ring (bicyclic) bond motifs is 12. The SMILES string of the molecule is CC(C)(C)c1ccc(N2B3c4ccc(N(c5ccc(-c6ccccc6)cc5)c5ccc(-c6ccccc6)cc5)cc4N(c4ccc(C(C)(C)C)cc4-c4ccccc4)c4cc5c(sc6ccccc65)c(c43)-c3c2ccc2sc4ccccc4c32)cc1. The highest BCUT2D eigenvalue weighted by molar-refractivity contribution is 7.27. The second-order valence-electron chi connectivity index (χ2n) is 25.2. The molecule has 2 aliphatic rings. The quantitative estimate of drug-likeness (QED) is 0.140. The molecule has 0 saturated heterocycles. The maximum atomic E-state index is 2.71. The zero-order valence-electron chi connectivity index (χ0n) is 49.1. The van der Waals surface area contributed by atoms with Gasteiger partial charge in [0, 0.05) is 96.8 Å². The van der Waals surface area contributed by atoms with Gasteiger partial charge in [0.15, 0.2) is 0 Å². The van der Waals surface area contributed by atoms with Crippen LogP contribution in [0.1, 0.15) is 52.7 Å². The second kappa shape index (κ2) is 20.1. The number of anilines is 8. The summed E-state index contributed by atoms with van der Waals surface area (Å²) in [5.41, 5.74) is 23.9. The third kappa shape index (κ3) is 8.52. The number of hydrogen-bond donors (Lipinski definition) is 0. The molecule has 0 aliphatic carbocycles. The van der Waals surface area contributed by atoms with Crippen LogP contribution in [0.3, 0.4) is 0 Å². The lowest BCUT2D eigenvalue weighted by atomic mass is 9.43. The smallest absolute Gasteiger partial charge is 0.333 e. The first-order valence-electron chi connectivity index (χ1n) is 30.0. The van der Waals surface area contributed by atoms with Crippen molar-refractivity contribution in [2.75, 3.05) is 14.6 Å². The molecule has 12 aromatic carbocycles.